The average Bonchev–Trinajstić information content (AvgIpc) is 2.83. The van der Waals surface area contributed by atoms with E-state index in [-0.39, 0.29) is 17.8 Å². The van der Waals surface area contributed by atoms with Gasteiger partial charge in [0.15, 0.2) is 0 Å². The topological polar surface area (TPSA) is 30.5 Å². The summed E-state index contributed by atoms with van der Waals surface area (Å²) >= 11 is 0. The van der Waals surface area contributed by atoms with E-state index in [1.54, 1.807) is 12.1 Å². The maximum atomic E-state index is 12.5. The van der Waals surface area contributed by atoms with Crippen molar-refractivity contribution in [2.45, 2.75) is 38.8 Å². The number of nitrogens with one attached hydrogen (secondary N) is 1. The summed E-state index contributed by atoms with van der Waals surface area (Å²) in [7, 11) is 0. The highest BCUT2D eigenvalue weighted by Crippen LogP contribution is 2.40. The molecule has 1 aromatic rings. The van der Waals surface area contributed by atoms with Gasteiger partial charge in [-0.3, -0.25) is 0 Å². The largest absolute Gasteiger partial charge is 0.573 e. The molecule has 0 bridgehead atoms. The lowest BCUT2D eigenvalue weighted by atomic mass is 9.94. The molecule has 21 heavy (non-hydrogen) atoms. The standard InChI is InChI=1S/C15H20F3NO2/c1-10(2)19-9-11-7-8-20-14(11)12-5-3-4-6-13(12)21-15(16,17)18/h3-6,10-11,14,19H,7-9H2,1-2H3. The monoisotopic (exact) mass is 303 g/mol. The van der Waals surface area contributed by atoms with Crippen LogP contribution in [-0.2, 0) is 4.74 Å². The van der Waals surface area contributed by atoms with Gasteiger partial charge in [0.2, 0.25) is 0 Å². The Morgan fingerprint density at radius 1 is 1.33 bits per heavy atom. The number of hydrogen-bond acceptors (Lipinski definition) is 3. The Morgan fingerprint density at radius 2 is 2.05 bits per heavy atom. The zero-order valence-electron chi connectivity index (χ0n) is 12.1. The fourth-order valence-electron chi connectivity index (χ4n) is 2.51. The highest BCUT2D eigenvalue weighted by Gasteiger charge is 2.36. The third-order valence-corrected chi connectivity index (χ3v) is 3.45. The second kappa shape index (κ2) is 6.66. The summed E-state index contributed by atoms with van der Waals surface area (Å²) in [5.41, 5.74) is 0.461. The first-order valence-corrected chi connectivity index (χ1v) is 7.06. The van der Waals surface area contributed by atoms with E-state index in [2.05, 4.69) is 10.1 Å². The second-order valence-electron chi connectivity index (χ2n) is 5.49. The van der Waals surface area contributed by atoms with Crippen LogP contribution in [0.2, 0.25) is 0 Å². The molecule has 0 spiro atoms. The number of rotatable bonds is 5. The van der Waals surface area contributed by atoms with Crippen LogP contribution in [0.4, 0.5) is 13.2 Å². The molecule has 1 aliphatic rings. The van der Waals surface area contributed by atoms with Crippen LogP contribution in [0.3, 0.4) is 0 Å². The van der Waals surface area contributed by atoms with E-state index in [0.29, 0.717) is 24.8 Å². The second-order valence-corrected chi connectivity index (χ2v) is 5.49. The predicted octanol–water partition coefficient (Wildman–Crippen LogP) is 3.66. The van der Waals surface area contributed by atoms with Crippen LogP contribution >= 0.6 is 0 Å². The lowest BCUT2D eigenvalue weighted by Crippen LogP contribution is -2.30. The number of hydrogen-bond donors (Lipinski definition) is 1. The smallest absolute Gasteiger partial charge is 0.405 e. The molecular formula is C15H20F3NO2. The summed E-state index contributed by atoms with van der Waals surface area (Å²) < 4.78 is 47.2. The summed E-state index contributed by atoms with van der Waals surface area (Å²) in [5.74, 6) is -0.0307. The Balaban J connectivity index is 2.16. The summed E-state index contributed by atoms with van der Waals surface area (Å²) in [6.07, 6.45) is -4.24. The van der Waals surface area contributed by atoms with Crippen LogP contribution in [0, 0.1) is 5.92 Å². The molecule has 0 radical (unpaired) electrons. The average molecular weight is 303 g/mol. The Labute approximate surface area is 122 Å². The predicted molar refractivity (Wildman–Crippen MR) is 73.1 cm³/mol. The van der Waals surface area contributed by atoms with Gasteiger partial charge in [0.25, 0.3) is 0 Å². The molecular weight excluding hydrogens is 283 g/mol. The van der Waals surface area contributed by atoms with Crippen LogP contribution in [0.25, 0.3) is 0 Å². The molecule has 2 atom stereocenters. The van der Waals surface area contributed by atoms with Crippen LogP contribution in [0.5, 0.6) is 5.75 Å². The minimum Gasteiger partial charge on any atom is -0.405 e. The van der Waals surface area contributed by atoms with Gasteiger partial charge in [-0.1, -0.05) is 32.0 Å². The van der Waals surface area contributed by atoms with Crippen LogP contribution < -0.4 is 10.1 Å². The lowest BCUT2D eigenvalue weighted by Gasteiger charge is -2.23. The van der Waals surface area contributed by atoms with Gasteiger partial charge < -0.3 is 14.8 Å². The van der Waals surface area contributed by atoms with Crippen molar-refractivity contribution in [1.29, 1.82) is 0 Å². The van der Waals surface area contributed by atoms with Crippen LogP contribution in [-0.4, -0.2) is 25.6 Å². The van der Waals surface area contributed by atoms with Crippen molar-refractivity contribution in [3.8, 4) is 5.75 Å². The van der Waals surface area contributed by atoms with Gasteiger partial charge in [0, 0.05) is 30.7 Å². The van der Waals surface area contributed by atoms with E-state index in [1.807, 2.05) is 13.8 Å². The molecule has 1 aromatic carbocycles. The molecule has 1 heterocycles. The lowest BCUT2D eigenvalue weighted by molar-refractivity contribution is -0.275. The molecule has 2 unspecified atom stereocenters. The van der Waals surface area contributed by atoms with E-state index >= 15 is 0 Å². The highest BCUT2D eigenvalue weighted by atomic mass is 19.4. The highest BCUT2D eigenvalue weighted by molar-refractivity contribution is 5.36. The number of para-hydroxylation sites is 1. The molecule has 1 N–H and O–H groups in total. The fourth-order valence-corrected chi connectivity index (χ4v) is 2.51. The number of ether oxygens (including phenoxy) is 2. The van der Waals surface area contributed by atoms with Crippen molar-refractivity contribution in [3.63, 3.8) is 0 Å². The molecule has 2 rings (SSSR count). The minimum absolute atomic E-state index is 0.144. The summed E-state index contributed by atoms with van der Waals surface area (Å²) in [4.78, 5) is 0. The van der Waals surface area contributed by atoms with Crippen molar-refractivity contribution >= 4 is 0 Å². The van der Waals surface area contributed by atoms with Crippen LogP contribution in [0.15, 0.2) is 24.3 Å². The Morgan fingerprint density at radius 3 is 2.71 bits per heavy atom. The van der Waals surface area contributed by atoms with Crippen LogP contribution in [0.1, 0.15) is 31.9 Å². The van der Waals surface area contributed by atoms with E-state index in [1.165, 1.54) is 12.1 Å². The molecule has 0 amide bonds. The molecule has 1 fully saturated rings. The first-order valence-electron chi connectivity index (χ1n) is 7.06. The van der Waals surface area contributed by atoms with Crippen molar-refractivity contribution in [2.75, 3.05) is 13.2 Å². The molecule has 0 aliphatic carbocycles. The third-order valence-electron chi connectivity index (χ3n) is 3.45. The zero-order chi connectivity index (χ0) is 15.5. The minimum atomic E-state index is -4.69. The molecule has 3 nitrogen and oxygen atoms in total. The number of alkyl halides is 3. The van der Waals surface area contributed by atoms with Gasteiger partial charge in [0.05, 0.1) is 6.10 Å². The molecule has 0 saturated carbocycles. The summed E-state index contributed by atoms with van der Waals surface area (Å²) in [6, 6.07) is 6.53. The van der Waals surface area contributed by atoms with Gasteiger partial charge in [0.1, 0.15) is 5.75 Å². The Bertz CT molecular complexity index is 462. The van der Waals surface area contributed by atoms with Crippen molar-refractivity contribution in [2.24, 2.45) is 5.92 Å². The van der Waals surface area contributed by atoms with E-state index in [0.717, 1.165) is 6.42 Å². The number of halogens is 3. The Kier molecular flexibility index (Phi) is 5.11. The first kappa shape index (κ1) is 16.1. The maximum Gasteiger partial charge on any atom is 0.573 e. The van der Waals surface area contributed by atoms with Gasteiger partial charge in [-0.25, -0.2) is 0 Å². The normalized spacial score (nSPS) is 22.8. The molecule has 118 valence electrons. The van der Waals surface area contributed by atoms with Gasteiger partial charge in [-0.15, -0.1) is 13.2 Å². The zero-order valence-corrected chi connectivity index (χ0v) is 12.1. The van der Waals surface area contributed by atoms with Crippen molar-refractivity contribution in [1.82, 2.24) is 5.32 Å². The van der Waals surface area contributed by atoms with Crippen molar-refractivity contribution in [3.05, 3.63) is 29.8 Å². The van der Waals surface area contributed by atoms with Gasteiger partial charge >= 0.3 is 6.36 Å². The summed E-state index contributed by atoms with van der Waals surface area (Å²) in [5, 5.41) is 3.31. The third kappa shape index (κ3) is 4.61. The first-order chi connectivity index (χ1) is 9.87. The number of benzene rings is 1. The van der Waals surface area contributed by atoms with Gasteiger partial charge in [-0.2, -0.15) is 0 Å². The quantitative estimate of drug-likeness (QED) is 0.900. The van der Waals surface area contributed by atoms with Gasteiger partial charge in [-0.05, 0) is 12.5 Å². The molecule has 1 aliphatic heterocycles. The summed E-state index contributed by atoms with van der Waals surface area (Å²) in [6.45, 7) is 5.33. The van der Waals surface area contributed by atoms with E-state index in [9.17, 15) is 13.2 Å². The molecule has 0 aromatic heterocycles. The van der Waals surface area contributed by atoms with Crippen molar-refractivity contribution < 1.29 is 22.6 Å². The Hall–Kier alpha value is -1.27. The molecule has 6 heteroatoms. The maximum absolute atomic E-state index is 12.5. The van der Waals surface area contributed by atoms with E-state index in [4.69, 9.17) is 4.74 Å². The molecule has 1 saturated heterocycles. The fraction of sp³-hybridized carbons (Fsp3) is 0.600. The SMILES string of the molecule is CC(C)NCC1CCOC1c1ccccc1OC(F)(F)F. The van der Waals surface area contributed by atoms with E-state index < -0.39 is 6.36 Å².